The molecule has 2 amide bonds. The lowest BCUT2D eigenvalue weighted by Gasteiger charge is -2.20. The number of amides is 2. The molecule has 1 aliphatic heterocycles. The van der Waals surface area contributed by atoms with Gasteiger partial charge < -0.3 is 15.0 Å². The smallest absolute Gasteiger partial charge is 0.227 e. The van der Waals surface area contributed by atoms with Gasteiger partial charge in [0.15, 0.2) is 0 Å². The number of benzene rings is 2. The topological polar surface area (TPSA) is 58.6 Å². The zero-order chi connectivity index (χ0) is 17.6. The van der Waals surface area contributed by atoms with E-state index in [-0.39, 0.29) is 11.8 Å². The third-order valence-electron chi connectivity index (χ3n) is 4.32. The maximum atomic E-state index is 12.3. The summed E-state index contributed by atoms with van der Waals surface area (Å²) in [7, 11) is 1.63. The Morgan fingerprint density at radius 2 is 2.04 bits per heavy atom. The molecule has 3 rings (SSSR count). The summed E-state index contributed by atoms with van der Waals surface area (Å²) in [5.41, 5.74) is 2.52. The van der Waals surface area contributed by atoms with Gasteiger partial charge in [-0.1, -0.05) is 24.3 Å². The molecule has 0 aliphatic carbocycles. The summed E-state index contributed by atoms with van der Waals surface area (Å²) in [6.07, 6.45) is 2.43. The van der Waals surface area contributed by atoms with Gasteiger partial charge in [-0.05, 0) is 42.7 Å². The molecule has 1 heterocycles. The Labute approximate surface area is 147 Å². The number of methoxy groups -OCH3 is 1. The van der Waals surface area contributed by atoms with E-state index in [9.17, 15) is 9.59 Å². The van der Waals surface area contributed by atoms with Crippen LogP contribution in [0, 0.1) is 0 Å². The van der Waals surface area contributed by atoms with Crippen LogP contribution in [0.2, 0.25) is 0 Å². The van der Waals surface area contributed by atoms with Gasteiger partial charge in [0.1, 0.15) is 5.75 Å². The Hall–Kier alpha value is -2.82. The summed E-state index contributed by atoms with van der Waals surface area (Å²) in [6.45, 7) is 0.704. The number of ether oxygens (including phenoxy) is 1. The van der Waals surface area contributed by atoms with Crippen molar-refractivity contribution in [2.75, 3.05) is 23.9 Å². The molecule has 1 aliphatic rings. The van der Waals surface area contributed by atoms with Gasteiger partial charge in [-0.15, -0.1) is 0 Å². The number of rotatable bonds is 6. The van der Waals surface area contributed by atoms with Crippen LogP contribution in [0.15, 0.2) is 48.5 Å². The van der Waals surface area contributed by atoms with Crippen molar-refractivity contribution in [1.82, 2.24) is 0 Å². The number of aryl methyl sites for hydroxylation is 1. The lowest BCUT2D eigenvalue weighted by Crippen LogP contribution is -2.25. The molecule has 0 radical (unpaired) electrons. The van der Waals surface area contributed by atoms with Crippen LogP contribution in [0.5, 0.6) is 5.75 Å². The van der Waals surface area contributed by atoms with Crippen LogP contribution in [-0.2, 0) is 16.0 Å². The Bertz CT molecular complexity index is 773. The SMILES string of the molecule is COc1cccc(CCC(=O)Nc2ccccc2N2CCCC2=O)c1. The zero-order valence-electron chi connectivity index (χ0n) is 14.3. The lowest BCUT2D eigenvalue weighted by molar-refractivity contribution is -0.117. The average Bonchev–Trinajstić information content (AvgIpc) is 3.06. The van der Waals surface area contributed by atoms with E-state index in [0.29, 0.717) is 31.5 Å². The molecule has 0 saturated carbocycles. The number of nitrogens with zero attached hydrogens (tertiary/aromatic N) is 1. The molecular formula is C20H22N2O3. The van der Waals surface area contributed by atoms with E-state index in [0.717, 1.165) is 23.4 Å². The molecule has 5 nitrogen and oxygen atoms in total. The third kappa shape index (κ3) is 4.18. The number of hydrogen-bond donors (Lipinski definition) is 1. The molecular weight excluding hydrogens is 316 g/mol. The fraction of sp³-hybridized carbons (Fsp3) is 0.300. The Kier molecular flexibility index (Phi) is 5.33. The number of hydrogen-bond acceptors (Lipinski definition) is 3. The summed E-state index contributed by atoms with van der Waals surface area (Å²) in [4.78, 5) is 26.1. The van der Waals surface area contributed by atoms with Crippen molar-refractivity contribution in [3.63, 3.8) is 0 Å². The van der Waals surface area contributed by atoms with Gasteiger partial charge in [0, 0.05) is 19.4 Å². The van der Waals surface area contributed by atoms with Crippen molar-refractivity contribution >= 4 is 23.2 Å². The minimum Gasteiger partial charge on any atom is -0.497 e. The highest BCUT2D eigenvalue weighted by molar-refractivity contribution is 6.02. The summed E-state index contributed by atoms with van der Waals surface area (Å²) < 4.78 is 5.20. The second kappa shape index (κ2) is 7.83. The second-order valence-electron chi connectivity index (χ2n) is 6.07. The molecule has 130 valence electrons. The van der Waals surface area contributed by atoms with Crippen molar-refractivity contribution in [3.8, 4) is 5.75 Å². The molecule has 2 aromatic rings. The Morgan fingerprint density at radius 1 is 1.20 bits per heavy atom. The molecule has 1 N–H and O–H groups in total. The molecule has 0 aromatic heterocycles. The highest BCUT2D eigenvalue weighted by atomic mass is 16.5. The highest BCUT2D eigenvalue weighted by Gasteiger charge is 2.24. The van der Waals surface area contributed by atoms with Crippen LogP contribution >= 0.6 is 0 Å². The van der Waals surface area contributed by atoms with Crippen LogP contribution in [0.1, 0.15) is 24.8 Å². The van der Waals surface area contributed by atoms with Crippen molar-refractivity contribution in [2.24, 2.45) is 0 Å². The number of carbonyl (C=O) groups excluding carboxylic acids is 2. The number of para-hydroxylation sites is 2. The van der Waals surface area contributed by atoms with Gasteiger partial charge >= 0.3 is 0 Å². The van der Waals surface area contributed by atoms with Crippen molar-refractivity contribution < 1.29 is 14.3 Å². The lowest BCUT2D eigenvalue weighted by atomic mass is 10.1. The van der Waals surface area contributed by atoms with Gasteiger partial charge in [0.2, 0.25) is 11.8 Å². The van der Waals surface area contributed by atoms with Crippen molar-refractivity contribution in [2.45, 2.75) is 25.7 Å². The predicted molar refractivity (Wildman–Crippen MR) is 98.0 cm³/mol. The highest BCUT2D eigenvalue weighted by Crippen LogP contribution is 2.29. The minimum atomic E-state index is -0.0677. The number of carbonyl (C=O) groups is 2. The van der Waals surface area contributed by atoms with Crippen LogP contribution < -0.4 is 15.0 Å². The summed E-state index contributed by atoms with van der Waals surface area (Å²) >= 11 is 0. The van der Waals surface area contributed by atoms with E-state index in [1.165, 1.54) is 0 Å². The minimum absolute atomic E-state index is 0.0677. The predicted octanol–water partition coefficient (Wildman–Crippen LogP) is 3.39. The molecule has 1 fully saturated rings. The summed E-state index contributed by atoms with van der Waals surface area (Å²) in [5, 5.41) is 2.94. The van der Waals surface area contributed by atoms with E-state index in [1.54, 1.807) is 12.0 Å². The molecule has 0 bridgehead atoms. The van der Waals surface area contributed by atoms with Gasteiger partial charge in [-0.2, -0.15) is 0 Å². The van der Waals surface area contributed by atoms with E-state index >= 15 is 0 Å². The van der Waals surface area contributed by atoms with E-state index in [4.69, 9.17) is 4.74 Å². The van der Waals surface area contributed by atoms with Crippen LogP contribution in [-0.4, -0.2) is 25.5 Å². The third-order valence-corrected chi connectivity index (χ3v) is 4.32. The average molecular weight is 338 g/mol. The van der Waals surface area contributed by atoms with Crippen molar-refractivity contribution in [3.05, 3.63) is 54.1 Å². The quantitative estimate of drug-likeness (QED) is 0.878. The van der Waals surface area contributed by atoms with E-state index in [2.05, 4.69) is 5.32 Å². The van der Waals surface area contributed by atoms with Gasteiger partial charge in [-0.3, -0.25) is 9.59 Å². The first kappa shape index (κ1) is 17.0. The molecule has 2 aromatic carbocycles. The fourth-order valence-electron chi connectivity index (χ4n) is 3.02. The fourth-order valence-corrected chi connectivity index (χ4v) is 3.02. The largest absolute Gasteiger partial charge is 0.497 e. The monoisotopic (exact) mass is 338 g/mol. The van der Waals surface area contributed by atoms with Crippen LogP contribution in [0.4, 0.5) is 11.4 Å². The molecule has 0 spiro atoms. The second-order valence-corrected chi connectivity index (χ2v) is 6.07. The van der Waals surface area contributed by atoms with E-state index in [1.807, 2.05) is 48.5 Å². The van der Waals surface area contributed by atoms with Gasteiger partial charge in [-0.25, -0.2) is 0 Å². The van der Waals surface area contributed by atoms with Gasteiger partial charge in [0.05, 0.1) is 18.5 Å². The van der Waals surface area contributed by atoms with Crippen LogP contribution in [0.3, 0.4) is 0 Å². The standard InChI is InChI=1S/C20H22N2O3/c1-25-16-7-4-6-15(14-16)11-12-19(23)21-17-8-2-3-9-18(17)22-13-5-10-20(22)24/h2-4,6-9,14H,5,10-13H2,1H3,(H,21,23). The molecule has 0 unspecified atom stereocenters. The zero-order valence-corrected chi connectivity index (χ0v) is 14.3. The maximum absolute atomic E-state index is 12.3. The Balaban J connectivity index is 1.64. The number of anilines is 2. The van der Waals surface area contributed by atoms with E-state index < -0.39 is 0 Å². The molecule has 0 atom stereocenters. The first-order chi connectivity index (χ1) is 12.2. The molecule has 5 heteroatoms. The number of nitrogens with one attached hydrogen (secondary N) is 1. The summed E-state index contributed by atoms with van der Waals surface area (Å²) in [5.74, 6) is 0.829. The molecule has 25 heavy (non-hydrogen) atoms. The first-order valence-electron chi connectivity index (χ1n) is 8.49. The first-order valence-corrected chi connectivity index (χ1v) is 8.49. The summed E-state index contributed by atoms with van der Waals surface area (Å²) in [6, 6.07) is 15.2. The van der Waals surface area contributed by atoms with Crippen molar-refractivity contribution in [1.29, 1.82) is 0 Å². The normalized spacial score (nSPS) is 13.8. The van der Waals surface area contributed by atoms with Gasteiger partial charge in [0.25, 0.3) is 0 Å². The molecule has 1 saturated heterocycles. The van der Waals surface area contributed by atoms with Crippen LogP contribution in [0.25, 0.3) is 0 Å². The Morgan fingerprint density at radius 3 is 2.80 bits per heavy atom. The maximum Gasteiger partial charge on any atom is 0.227 e.